The van der Waals surface area contributed by atoms with E-state index in [0.717, 1.165) is 17.8 Å². The molecule has 204 valence electrons. The van der Waals surface area contributed by atoms with Crippen molar-refractivity contribution >= 4 is 28.6 Å². The molecule has 1 saturated heterocycles. The number of aryl methyl sites for hydroxylation is 1. The predicted molar refractivity (Wildman–Crippen MR) is 139 cm³/mol. The summed E-state index contributed by atoms with van der Waals surface area (Å²) in [6.07, 6.45) is 1.22. The van der Waals surface area contributed by atoms with Crippen LogP contribution in [-0.2, 0) is 4.79 Å². The molecule has 0 radical (unpaired) electrons. The van der Waals surface area contributed by atoms with E-state index in [1.165, 1.54) is 7.11 Å². The summed E-state index contributed by atoms with van der Waals surface area (Å²) >= 11 is 1.02. The molecule has 0 amide bonds. The van der Waals surface area contributed by atoms with Crippen LogP contribution in [0.1, 0.15) is 43.0 Å². The molecule has 2 heterocycles. The van der Waals surface area contributed by atoms with Crippen molar-refractivity contribution in [2.24, 2.45) is 5.41 Å². The second-order valence-electron chi connectivity index (χ2n) is 9.72. The number of hydrogen-bond acceptors (Lipinski definition) is 5. The highest BCUT2D eigenvalue weighted by Crippen LogP contribution is 2.41. The Hall–Kier alpha value is -2.85. The second-order valence-corrected chi connectivity index (χ2v) is 10.9. The summed E-state index contributed by atoms with van der Waals surface area (Å²) in [7, 11) is 1.54. The van der Waals surface area contributed by atoms with Gasteiger partial charge >= 0.3 is 5.97 Å². The number of likely N-dealkylation sites (tertiary alicyclic amines) is 1. The normalized spacial score (nSPS) is 16.5. The number of fused-ring (bicyclic) bond motifs is 1. The second kappa shape index (κ2) is 11.9. The van der Waals surface area contributed by atoms with Gasteiger partial charge in [-0.2, -0.15) is 0 Å². The fraction of sp³-hybridized carbons (Fsp3) is 0.429. The van der Waals surface area contributed by atoms with Crippen LogP contribution in [0.15, 0.2) is 41.4 Å². The van der Waals surface area contributed by atoms with E-state index in [0.29, 0.717) is 72.1 Å². The van der Waals surface area contributed by atoms with E-state index in [1.54, 1.807) is 31.3 Å². The first-order valence-electron chi connectivity index (χ1n) is 12.4. The molecule has 0 spiro atoms. The zero-order valence-corrected chi connectivity index (χ0v) is 22.1. The predicted octanol–water partition coefficient (Wildman–Crippen LogP) is 6.72. The topological polar surface area (TPSA) is 62.7 Å². The minimum absolute atomic E-state index is 0.0593. The lowest BCUT2D eigenvalue weighted by atomic mass is 9.74. The van der Waals surface area contributed by atoms with E-state index < -0.39 is 35.0 Å². The zero-order valence-electron chi connectivity index (χ0n) is 21.3. The van der Waals surface area contributed by atoms with Crippen LogP contribution in [0.4, 0.5) is 17.6 Å². The molecular weight excluding hydrogens is 520 g/mol. The van der Waals surface area contributed by atoms with Crippen LogP contribution >= 0.6 is 11.8 Å². The zero-order chi connectivity index (χ0) is 27.4. The Bertz CT molecular complexity index is 1310. The van der Waals surface area contributed by atoms with Gasteiger partial charge in [-0.15, -0.1) is 11.8 Å². The fourth-order valence-corrected chi connectivity index (χ4v) is 6.07. The van der Waals surface area contributed by atoms with Crippen LogP contribution in [-0.4, -0.2) is 53.5 Å². The molecule has 4 rings (SSSR count). The molecule has 0 saturated carbocycles. The summed E-state index contributed by atoms with van der Waals surface area (Å²) in [5, 5.41) is 10.7. The fourth-order valence-electron chi connectivity index (χ4n) is 5.08. The van der Waals surface area contributed by atoms with Gasteiger partial charge in [0.2, 0.25) is 0 Å². The van der Waals surface area contributed by atoms with E-state index in [-0.39, 0.29) is 17.7 Å². The molecule has 1 unspecified atom stereocenters. The number of carboxylic acid groups (broad SMARTS) is 1. The SMILES string of the molecule is COc1ccc2ncc(C)c(C(F)CCC3(C(=O)O)CCN(CCSc4cc(F)cc(F)c4F)CC3)c2c1. The summed E-state index contributed by atoms with van der Waals surface area (Å²) in [5.74, 6) is -3.08. The molecule has 1 fully saturated rings. The van der Waals surface area contributed by atoms with Crippen LogP contribution in [0.25, 0.3) is 10.9 Å². The third-order valence-electron chi connectivity index (χ3n) is 7.40. The smallest absolute Gasteiger partial charge is 0.309 e. The van der Waals surface area contributed by atoms with Crippen LogP contribution in [0, 0.1) is 29.8 Å². The number of benzene rings is 2. The maximum absolute atomic E-state index is 15.7. The van der Waals surface area contributed by atoms with E-state index in [9.17, 15) is 23.1 Å². The van der Waals surface area contributed by atoms with Gasteiger partial charge in [-0.25, -0.2) is 17.6 Å². The minimum Gasteiger partial charge on any atom is -0.497 e. The van der Waals surface area contributed by atoms with Crippen molar-refractivity contribution in [3.63, 3.8) is 0 Å². The lowest BCUT2D eigenvalue weighted by molar-refractivity contribution is -0.153. The summed E-state index contributed by atoms with van der Waals surface area (Å²) in [6, 6.07) is 6.76. The van der Waals surface area contributed by atoms with Gasteiger partial charge in [0.15, 0.2) is 11.6 Å². The first-order valence-corrected chi connectivity index (χ1v) is 13.4. The van der Waals surface area contributed by atoms with Gasteiger partial charge in [-0.1, -0.05) is 0 Å². The summed E-state index contributed by atoms with van der Waals surface area (Å²) in [4.78, 5) is 18.6. The maximum Gasteiger partial charge on any atom is 0.309 e. The number of ether oxygens (including phenoxy) is 1. The van der Waals surface area contributed by atoms with Crippen LogP contribution in [0.2, 0.25) is 0 Å². The molecule has 0 bridgehead atoms. The van der Waals surface area contributed by atoms with Crippen LogP contribution < -0.4 is 4.74 Å². The molecule has 1 atom stereocenters. The average Bonchev–Trinajstić information content (AvgIpc) is 2.90. The van der Waals surface area contributed by atoms with Crippen molar-refractivity contribution in [3.05, 3.63) is 65.1 Å². The van der Waals surface area contributed by atoms with E-state index in [1.807, 2.05) is 4.90 Å². The Labute approximate surface area is 223 Å². The lowest BCUT2D eigenvalue weighted by Crippen LogP contribution is -2.45. The molecule has 38 heavy (non-hydrogen) atoms. The van der Waals surface area contributed by atoms with Gasteiger partial charge in [0.1, 0.15) is 17.7 Å². The van der Waals surface area contributed by atoms with E-state index in [2.05, 4.69) is 4.98 Å². The number of aliphatic carboxylic acids is 1. The van der Waals surface area contributed by atoms with Crippen LogP contribution in [0.5, 0.6) is 5.75 Å². The Balaban J connectivity index is 1.37. The third kappa shape index (κ3) is 6.07. The number of thioether (sulfide) groups is 1. The number of piperidine rings is 1. The molecular formula is C28H30F4N2O3S. The molecule has 3 aromatic rings. The first-order chi connectivity index (χ1) is 18.1. The highest BCUT2D eigenvalue weighted by atomic mass is 32.2. The number of nitrogens with zero attached hydrogens (tertiary/aromatic N) is 2. The first kappa shape index (κ1) is 28.2. The Kier molecular flexibility index (Phi) is 8.82. The monoisotopic (exact) mass is 550 g/mol. The average molecular weight is 551 g/mol. The molecule has 0 aliphatic carbocycles. The Morgan fingerprint density at radius 2 is 1.95 bits per heavy atom. The Morgan fingerprint density at radius 3 is 2.63 bits per heavy atom. The largest absolute Gasteiger partial charge is 0.497 e. The van der Waals surface area contributed by atoms with E-state index in [4.69, 9.17) is 4.74 Å². The highest BCUT2D eigenvalue weighted by Gasteiger charge is 2.41. The molecule has 1 aliphatic heterocycles. The Morgan fingerprint density at radius 1 is 1.21 bits per heavy atom. The number of methoxy groups -OCH3 is 1. The van der Waals surface area contributed by atoms with Crippen molar-refractivity contribution in [1.82, 2.24) is 9.88 Å². The van der Waals surface area contributed by atoms with Crippen molar-refractivity contribution < 1.29 is 32.2 Å². The molecule has 2 aromatic carbocycles. The van der Waals surface area contributed by atoms with Crippen molar-refractivity contribution in [2.75, 3.05) is 32.5 Å². The molecule has 1 aromatic heterocycles. The molecule has 5 nitrogen and oxygen atoms in total. The summed E-state index contributed by atoms with van der Waals surface area (Å²) < 4.78 is 61.7. The molecule has 10 heteroatoms. The quantitative estimate of drug-likeness (QED) is 0.172. The van der Waals surface area contributed by atoms with Crippen molar-refractivity contribution in [3.8, 4) is 5.75 Å². The lowest BCUT2D eigenvalue weighted by Gasteiger charge is -2.39. The number of rotatable bonds is 10. The minimum atomic E-state index is -1.36. The van der Waals surface area contributed by atoms with Crippen LogP contribution in [0.3, 0.4) is 0 Å². The van der Waals surface area contributed by atoms with Gasteiger partial charge in [0, 0.05) is 34.8 Å². The number of pyridine rings is 1. The van der Waals surface area contributed by atoms with Gasteiger partial charge in [0.05, 0.1) is 18.0 Å². The molecule has 1 aliphatic rings. The number of carboxylic acids is 1. The standard InChI is InChI=1S/C28H30F4N2O3S/c1-17-16-33-23-4-3-19(37-2)15-20(23)25(17)21(30)5-6-28(27(35)36)7-9-34(10-8-28)11-12-38-24-14-18(29)13-22(31)26(24)32/h3-4,13-16,21H,5-12H2,1-2H3,(H,35,36). The van der Waals surface area contributed by atoms with Gasteiger partial charge in [0.25, 0.3) is 0 Å². The highest BCUT2D eigenvalue weighted by molar-refractivity contribution is 7.99. The number of carbonyl (C=O) groups is 1. The van der Waals surface area contributed by atoms with E-state index >= 15 is 4.39 Å². The van der Waals surface area contributed by atoms with Gasteiger partial charge in [-0.3, -0.25) is 9.78 Å². The number of hydrogen-bond donors (Lipinski definition) is 1. The molecule has 1 N–H and O–H groups in total. The summed E-state index contributed by atoms with van der Waals surface area (Å²) in [5.41, 5.74) is 0.809. The van der Waals surface area contributed by atoms with Crippen molar-refractivity contribution in [2.45, 2.75) is 43.7 Å². The summed E-state index contributed by atoms with van der Waals surface area (Å²) in [6.45, 7) is 3.27. The number of aromatic nitrogens is 1. The number of halogens is 4. The van der Waals surface area contributed by atoms with Gasteiger partial charge in [-0.05, 0) is 81.1 Å². The maximum atomic E-state index is 15.7. The number of alkyl halides is 1. The van der Waals surface area contributed by atoms with Gasteiger partial charge < -0.3 is 14.7 Å². The third-order valence-corrected chi connectivity index (χ3v) is 8.39. The van der Waals surface area contributed by atoms with Crippen molar-refractivity contribution in [1.29, 1.82) is 0 Å².